The first-order valence-corrected chi connectivity index (χ1v) is 16.0. The molecule has 3 atom stereocenters. The molecule has 5 rings (SSSR count). The van der Waals surface area contributed by atoms with Crippen LogP contribution in [-0.4, -0.2) is 72.8 Å². The van der Waals surface area contributed by atoms with Crippen molar-refractivity contribution < 1.29 is 24.2 Å². The number of carbonyl (C=O) groups is 2. The number of nitrogens with one attached hydrogen (secondary N) is 2. The van der Waals surface area contributed by atoms with Crippen molar-refractivity contribution in [2.45, 2.75) is 39.0 Å². The molecule has 1 aliphatic heterocycles. The Kier molecular flexibility index (Phi) is 11.1. The first-order chi connectivity index (χ1) is 22.7. The van der Waals surface area contributed by atoms with E-state index < -0.39 is 6.03 Å². The monoisotopic (exact) mass is 636 g/mol. The highest BCUT2D eigenvalue weighted by Crippen LogP contribution is 2.30. The van der Waals surface area contributed by atoms with Gasteiger partial charge in [-0.25, -0.2) is 4.79 Å². The first-order valence-electron chi connectivity index (χ1n) is 16.0. The first kappa shape index (κ1) is 33.5. The zero-order valence-electron chi connectivity index (χ0n) is 27.5. The summed E-state index contributed by atoms with van der Waals surface area (Å²) >= 11 is 0. The molecule has 0 fully saturated rings. The van der Waals surface area contributed by atoms with Gasteiger partial charge in [-0.15, -0.1) is 0 Å². The number of methoxy groups -OCH3 is 1. The highest BCUT2D eigenvalue weighted by molar-refractivity contribution is 6.00. The van der Waals surface area contributed by atoms with Crippen molar-refractivity contribution in [2.75, 3.05) is 44.5 Å². The number of aliphatic hydroxyl groups is 1. The second-order valence-electron chi connectivity index (χ2n) is 12.3. The third kappa shape index (κ3) is 8.90. The van der Waals surface area contributed by atoms with E-state index in [1.165, 1.54) is 16.7 Å². The normalized spacial score (nSPS) is 17.1. The summed E-state index contributed by atoms with van der Waals surface area (Å²) in [5.41, 5.74) is 5.38. The smallest absolute Gasteiger partial charge is 0.323 e. The van der Waals surface area contributed by atoms with Gasteiger partial charge in [0.1, 0.15) is 17.6 Å². The Bertz CT molecular complexity index is 1630. The molecule has 0 aliphatic carbocycles. The van der Waals surface area contributed by atoms with Gasteiger partial charge in [0.15, 0.2) is 0 Å². The van der Waals surface area contributed by atoms with Crippen LogP contribution < -0.4 is 20.1 Å². The van der Waals surface area contributed by atoms with E-state index in [1.54, 1.807) is 48.4 Å². The van der Waals surface area contributed by atoms with E-state index in [-0.39, 0.29) is 37.0 Å². The molecule has 0 spiro atoms. The van der Waals surface area contributed by atoms with Crippen molar-refractivity contribution >= 4 is 23.3 Å². The van der Waals surface area contributed by atoms with Gasteiger partial charge >= 0.3 is 6.03 Å². The van der Waals surface area contributed by atoms with Gasteiger partial charge in [-0.05, 0) is 73.1 Å². The molecule has 3 amide bonds. The van der Waals surface area contributed by atoms with Gasteiger partial charge in [-0.1, -0.05) is 61.5 Å². The number of rotatable bonds is 10. The Morgan fingerprint density at radius 2 is 1.64 bits per heavy atom. The standard InChI is InChI=1S/C38H44N4O5/c1-26-22-42(27(2)25-43)37(44)21-31-20-33(40-38(45)39-32-14-17-34(46-4)18-15-32)16-19-35(31)47-36(26)24-41(3)23-28-10-12-30(13-11-28)29-8-6-5-7-9-29/h5-20,26-27,36,43H,21-25H2,1-4H3,(H2,39,40,45)/t26-,27+,36-/m0/s1. The van der Waals surface area contributed by atoms with Gasteiger partial charge in [0.25, 0.3) is 0 Å². The van der Waals surface area contributed by atoms with Gasteiger partial charge < -0.3 is 30.1 Å². The van der Waals surface area contributed by atoms with Crippen LogP contribution in [0.2, 0.25) is 0 Å². The molecule has 246 valence electrons. The number of hydrogen-bond acceptors (Lipinski definition) is 6. The summed E-state index contributed by atoms with van der Waals surface area (Å²) in [4.78, 5) is 30.4. The summed E-state index contributed by atoms with van der Waals surface area (Å²) in [6.45, 7) is 5.61. The van der Waals surface area contributed by atoms with Crippen LogP contribution in [0.15, 0.2) is 97.1 Å². The maximum atomic E-state index is 13.6. The van der Waals surface area contributed by atoms with Crippen LogP contribution in [0.1, 0.15) is 25.0 Å². The average Bonchev–Trinajstić information content (AvgIpc) is 3.12. The molecule has 3 N–H and O–H groups in total. The molecule has 4 aromatic carbocycles. The van der Waals surface area contributed by atoms with Crippen molar-refractivity contribution in [3.8, 4) is 22.6 Å². The number of amides is 3. The molecular weight excluding hydrogens is 592 g/mol. The van der Waals surface area contributed by atoms with Gasteiger partial charge in [0.05, 0.1) is 26.2 Å². The number of fused-ring (bicyclic) bond motifs is 1. The minimum Gasteiger partial charge on any atom is -0.497 e. The van der Waals surface area contributed by atoms with Gasteiger partial charge in [-0.2, -0.15) is 0 Å². The molecule has 9 heteroatoms. The molecule has 0 bridgehead atoms. The van der Waals surface area contributed by atoms with Crippen LogP contribution >= 0.6 is 0 Å². The number of carbonyl (C=O) groups excluding carboxylic acids is 2. The number of hydrogen-bond donors (Lipinski definition) is 3. The van der Waals surface area contributed by atoms with E-state index >= 15 is 0 Å². The van der Waals surface area contributed by atoms with E-state index in [4.69, 9.17) is 9.47 Å². The SMILES string of the molecule is COc1ccc(NC(=O)Nc2ccc3c(c2)CC(=O)N([C@H](C)CO)C[C@H](C)[C@H](CN(C)Cc2ccc(-c4ccccc4)cc2)O3)cc1. The summed E-state index contributed by atoms with van der Waals surface area (Å²) < 4.78 is 11.9. The summed E-state index contributed by atoms with van der Waals surface area (Å²) in [7, 11) is 3.66. The fourth-order valence-corrected chi connectivity index (χ4v) is 5.81. The summed E-state index contributed by atoms with van der Waals surface area (Å²) in [5.74, 6) is 1.18. The zero-order chi connectivity index (χ0) is 33.3. The van der Waals surface area contributed by atoms with Gasteiger partial charge in [0.2, 0.25) is 5.91 Å². The van der Waals surface area contributed by atoms with Gasteiger partial charge in [-0.3, -0.25) is 9.69 Å². The van der Waals surface area contributed by atoms with Crippen LogP contribution in [-0.2, 0) is 17.8 Å². The third-order valence-electron chi connectivity index (χ3n) is 8.53. The Balaban J connectivity index is 1.32. The topological polar surface area (TPSA) is 103 Å². The van der Waals surface area contributed by atoms with Crippen LogP contribution in [0, 0.1) is 5.92 Å². The molecule has 0 unspecified atom stereocenters. The third-order valence-corrected chi connectivity index (χ3v) is 8.53. The molecule has 0 aromatic heterocycles. The Morgan fingerprint density at radius 1 is 0.979 bits per heavy atom. The molecule has 0 radical (unpaired) electrons. The van der Waals surface area contributed by atoms with E-state index in [1.807, 2.05) is 31.2 Å². The lowest BCUT2D eigenvalue weighted by molar-refractivity contribution is -0.134. The predicted molar refractivity (Wildman–Crippen MR) is 186 cm³/mol. The quantitative estimate of drug-likeness (QED) is 0.189. The Hall–Kier alpha value is -4.86. The van der Waals surface area contributed by atoms with Crippen molar-refractivity contribution in [1.82, 2.24) is 9.80 Å². The zero-order valence-corrected chi connectivity index (χ0v) is 27.5. The van der Waals surface area contributed by atoms with Crippen LogP contribution in [0.3, 0.4) is 0 Å². The molecule has 0 saturated carbocycles. The van der Waals surface area contributed by atoms with Crippen molar-refractivity contribution in [1.29, 1.82) is 0 Å². The van der Waals surface area contributed by atoms with Crippen molar-refractivity contribution in [2.24, 2.45) is 5.92 Å². The van der Waals surface area contributed by atoms with Crippen LogP contribution in [0.5, 0.6) is 11.5 Å². The van der Waals surface area contributed by atoms with Crippen molar-refractivity contribution in [3.05, 3.63) is 108 Å². The lowest BCUT2D eigenvalue weighted by Crippen LogP contribution is -2.47. The lowest BCUT2D eigenvalue weighted by atomic mass is 10.0. The van der Waals surface area contributed by atoms with Gasteiger partial charge in [0, 0.05) is 42.5 Å². The summed E-state index contributed by atoms with van der Waals surface area (Å²) in [6.07, 6.45) is -0.156. The second kappa shape index (κ2) is 15.6. The Morgan fingerprint density at radius 3 is 2.32 bits per heavy atom. The number of aliphatic hydroxyl groups excluding tert-OH is 1. The molecule has 9 nitrogen and oxygen atoms in total. The molecule has 47 heavy (non-hydrogen) atoms. The number of benzene rings is 4. The largest absolute Gasteiger partial charge is 0.497 e. The fourth-order valence-electron chi connectivity index (χ4n) is 5.81. The minimum atomic E-state index is -0.411. The second-order valence-corrected chi connectivity index (χ2v) is 12.3. The Labute approximate surface area is 277 Å². The van der Waals surface area contributed by atoms with E-state index in [2.05, 4.69) is 65.9 Å². The number of anilines is 2. The van der Waals surface area contributed by atoms with Crippen LogP contribution in [0.25, 0.3) is 11.1 Å². The highest BCUT2D eigenvalue weighted by Gasteiger charge is 2.31. The van der Waals surface area contributed by atoms with Crippen LogP contribution in [0.4, 0.5) is 16.2 Å². The number of urea groups is 1. The molecule has 1 aliphatic rings. The summed E-state index contributed by atoms with van der Waals surface area (Å²) in [5, 5.41) is 15.7. The maximum Gasteiger partial charge on any atom is 0.323 e. The summed E-state index contributed by atoms with van der Waals surface area (Å²) in [6, 6.07) is 30.6. The number of likely N-dealkylation sites (N-methyl/N-ethyl adjacent to an activating group) is 1. The number of ether oxygens (including phenoxy) is 2. The lowest BCUT2D eigenvalue weighted by Gasteiger charge is -2.34. The number of nitrogens with zero attached hydrogens (tertiary/aromatic N) is 2. The van der Waals surface area contributed by atoms with Crippen molar-refractivity contribution in [3.63, 3.8) is 0 Å². The molecule has 4 aromatic rings. The van der Waals surface area contributed by atoms with E-state index in [9.17, 15) is 14.7 Å². The highest BCUT2D eigenvalue weighted by atomic mass is 16.5. The van der Waals surface area contributed by atoms with E-state index in [0.29, 0.717) is 41.5 Å². The van der Waals surface area contributed by atoms with E-state index in [0.717, 1.165) is 6.54 Å². The minimum absolute atomic E-state index is 0.0186. The predicted octanol–water partition coefficient (Wildman–Crippen LogP) is 6.29. The molecule has 0 saturated heterocycles. The molecular formula is C38H44N4O5. The maximum absolute atomic E-state index is 13.6. The fraction of sp³-hybridized carbons (Fsp3) is 0.316. The molecule has 1 heterocycles. The average molecular weight is 637 g/mol.